The highest BCUT2D eigenvalue weighted by Gasteiger charge is 2.07. The number of amides is 1. The fraction of sp³-hybridized carbons (Fsp3) is 0.167. The Bertz CT molecular complexity index is 638. The van der Waals surface area contributed by atoms with Crippen LogP contribution >= 0.6 is 11.8 Å². The second-order valence-electron chi connectivity index (χ2n) is 4.67. The molecular weight excluding hydrogens is 294 g/mol. The van der Waals surface area contributed by atoms with Crippen molar-refractivity contribution in [1.29, 1.82) is 0 Å². The van der Waals surface area contributed by atoms with Gasteiger partial charge < -0.3 is 10.1 Å². The van der Waals surface area contributed by atoms with Gasteiger partial charge in [0.15, 0.2) is 0 Å². The van der Waals surface area contributed by atoms with Crippen LogP contribution in [0.15, 0.2) is 66.1 Å². The summed E-state index contributed by atoms with van der Waals surface area (Å²) in [5, 5.41) is 2.97. The number of rotatable bonds is 7. The minimum atomic E-state index is -0.0307. The lowest BCUT2D eigenvalue weighted by Gasteiger charge is -2.10. The fourth-order valence-electron chi connectivity index (χ4n) is 1.97. The van der Waals surface area contributed by atoms with E-state index < -0.39 is 0 Å². The van der Waals surface area contributed by atoms with E-state index in [1.807, 2.05) is 54.6 Å². The van der Waals surface area contributed by atoms with E-state index in [1.165, 1.54) is 0 Å². The third kappa shape index (κ3) is 4.67. The molecule has 0 aromatic heterocycles. The maximum atomic E-state index is 12.2. The number of methoxy groups -OCH3 is 1. The van der Waals surface area contributed by atoms with Crippen LogP contribution < -0.4 is 10.1 Å². The molecule has 114 valence electrons. The third-order valence-corrected chi connectivity index (χ3v) is 4.11. The Hall–Kier alpha value is -2.20. The number of hydrogen-bond acceptors (Lipinski definition) is 3. The van der Waals surface area contributed by atoms with E-state index in [0.717, 1.165) is 27.6 Å². The molecule has 0 radical (unpaired) electrons. The average Bonchev–Trinajstić information content (AvgIpc) is 2.54. The van der Waals surface area contributed by atoms with E-state index in [9.17, 15) is 4.79 Å². The maximum absolute atomic E-state index is 12.2. The van der Waals surface area contributed by atoms with Crippen LogP contribution in [0, 0.1) is 0 Å². The first-order valence-corrected chi connectivity index (χ1v) is 7.97. The Labute approximate surface area is 135 Å². The number of ether oxygens (including phenoxy) is 1. The van der Waals surface area contributed by atoms with E-state index in [2.05, 4.69) is 11.9 Å². The van der Waals surface area contributed by atoms with Gasteiger partial charge in [-0.25, -0.2) is 0 Å². The lowest BCUT2D eigenvalue weighted by Crippen LogP contribution is -2.14. The van der Waals surface area contributed by atoms with Crippen LogP contribution in [0.2, 0.25) is 0 Å². The Morgan fingerprint density at radius 3 is 2.64 bits per heavy atom. The van der Waals surface area contributed by atoms with Crippen LogP contribution in [0.25, 0.3) is 0 Å². The Kier molecular flexibility index (Phi) is 6.10. The number of nitrogens with one attached hydrogen (secondary N) is 1. The van der Waals surface area contributed by atoms with Gasteiger partial charge in [-0.05, 0) is 29.8 Å². The molecule has 2 aromatic rings. The van der Waals surface area contributed by atoms with Crippen LogP contribution in [0.4, 0.5) is 5.69 Å². The molecule has 0 fully saturated rings. The minimum absolute atomic E-state index is 0.0307. The zero-order valence-corrected chi connectivity index (χ0v) is 13.4. The lowest BCUT2D eigenvalue weighted by molar-refractivity contribution is -0.115. The van der Waals surface area contributed by atoms with Crippen molar-refractivity contribution >= 4 is 23.4 Å². The zero-order chi connectivity index (χ0) is 15.8. The van der Waals surface area contributed by atoms with Crippen molar-refractivity contribution in [3.63, 3.8) is 0 Å². The number of carbonyl (C=O) groups is 1. The molecule has 2 rings (SSSR count). The Balaban J connectivity index is 2.00. The van der Waals surface area contributed by atoms with E-state index in [-0.39, 0.29) is 5.91 Å². The molecule has 4 heteroatoms. The van der Waals surface area contributed by atoms with Crippen LogP contribution in [-0.4, -0.2) is 18.8 Å². The first-order valence-electron chi connectivity index (χ1n) is 6.98. The summed E-state index contributed by atoms with van der Waals surface area (Å²) in [7, 11) is 1.62. The number of anilines is 1. The summed E-state index contributed by atoms with van der Waals surface area (Å²) in [5.41, 5.74) is 1.79. The summed E-state index contributed by atoms with van der Waals surface area (Å²) < 4.78 is 5.11. The monoisotopic (exact) mass is 313 g/mol. The summed E-state index contributed by atoms with van der Waals surface area (Å²) in [4.78, 5) is 13.2. The van der Waals surface area contributed by atoms with Gasteiger partial charge in [-0.15, -0.1) is 18.3 Å². The summed E-state index contributed by atoms with van der Waals surface area (Å²) in [5.74, 6) is 1.57. The molecule has 0 unspecified atom stereocenters. The van der Waals surface area contributed by atoms with Gasteiger partial charge in [-0.2, -0.15) is 0 Å². The molecule has 0 bridgehead atoms. The molecule has 0 aliphatic rings. The van der Waals surface area contributed by atoms with Crippen LogP contribution in [0.3, 0.4) is 0 Å². The Morgan fingerprint density at radius 2 is 1.95 bits per heavy atom. The van der Waals surface area contributed by atoms with Gasteiger partial charge in [0, 0.05) is 10.6 Å². The molecule has 0 aliphatic heterocycles. The van der Waals surface area contributed by atoms with Gasteiger partial charge in [-0.3, -0.25) is 4.79 Å². The highest BCUT2D eigenvalue weighted by atomic mass is 32.2. The number of para-hydroxylation sites is 1. The number of hydrogen-bond donors (Lipinski definition) is 1. The van der Waals surface area contributed by atoms with Gasteiger partial charge >= 0.3 is 0 Å². The SMILES string of the molecule is C=CCSc1ccccc1NC(=O)Cc1ccc(OC)cc1. The fourth-order valence-corrected chi connectivity index (χ4v) is 2.71. The number of benzene rings is 2. The summed E-state index contributed by atoms with van der Waals surface area (Å²) >= 11 is 1.65. The number of thioether (sulfide) groups is 1. The summed E-state index contributed by atoms with van der Waals surface area (Å²) in [6.07, 6.45) is 2.19. The highest BCUT2D eigenvalue weighted by Crippen LogP contribution is 2.27. The standard InChI is InChI=1S/C18H19NO2S/c1-3-12-22-17-7-5-4-6-16(17)19-18(20)13-14-8-10-15(21-2)11-9-14/h3-11H,1,12-13H2,2H3,(H,19,20). The van der Waals surface area contributed by atoms with Crippen LogP contribution in [-0.2, 0) is 11.2 Å². The first kappa shape index (κ1) is 16.2. The molecule has 1 N–H and O–H groups in total. The van der Waals surface area contributed by atoms with Crippen molar-refractivity contribution in [2.24, 2.45) is 0 Å². The van der Waals surface area contributed by atoms with Crippen molar-refractivity contribution in [1.82, 2.24) is 0 Å². The molecule has 0 heterocycles. The predicted octanol–water partition coefficient (Wildman–Crippen LogP) is 4.15. The number of carbonyl (C=O) groups excluding carboxylic acids is 1. The molecule has 2 aromatic carbocycles. The third-order valence-electron chi connectivity index (χ3n) is 3.04. The molecule has 0 aliphatic carbocycles. The molecule has 1 amide bonds. The highest BCUT2D eigenvalue weighted by molar-refractivity contribution is 7.99. The minimum Gasteiger partial charge on any atom is -0.497 e. The first-order chi connectivity index (χ1) is 10.7. The lowest BCUT2D eigenvalue weighted by atomic mass is 10.1. The molecular formula is C18H19NO2S. The maximum Gasteiger partial charge on any atom is 0.228 e. The molecule has 3 nitrogen and oxygen atoms in total. The van der Waals surface area contributed by atoms with Crippen molar-refractivity contribution < 1.29 is 9.53 Å². The summed E-state index contributed by atoms with van der Waals surface area (Å²) in [6, 6.07) is 15.3. The van der Waals surface area contributed by atoms with Crippen LogP contribution in [0.5, 0.6) is 5.75 Å². The topological polar surface area (TPSA) is 38.3 Å². The van der Waals surface area contributed by atoms with Gasteiger partial charge in [0.1, 0.15) is 5.75 Å². The van der Waals surface area contributed by atoms with Crippen LogP contribution in [0.1, 0.15) is 5.56 Å². The molecule has 0 spiro atoms. The average molecular weight is 313 g/mol. The summed E-state index contributed by atoms with van der Waals surface area (Å²) in [6.45, 7) is 3.72. The van der Waals surface area contributed by atoms with E-state index in [4.69, 9.17) is 4.74 Å². The van der Waals surface area contributed by atoms with E-state index >= 15 is 0 Å². The van der Waals surface area contributed by atoms with Gasteiger partial charge in [0.05, 0.1) is 19.2 Å². The molecule has 0 saturated heterocycles. The van der Waals surface area contributed by atoms with Gasteiger partial charge in [0.2, 0.25) is 5.91 Å². The van der Waals surface area contributed by atoms with Crippen molar-refractivity contribution in [3.8, 4) is 5.75 Å². The Morgan fingerprint density at radius 1 is 1.23 bits per heavy atom. The molecule has 22 heavy (non-hydrogen) atoms. The smallest absolute Gasteiger partial charge is 0.228 e. The van der Waals surface area contributed by atoms with E-state index in [1.54, 1.807) is 18.9 Å². The normalized spacial score (nSPS) is 10.0. The zero-order valence-electron chi connectivity index (χ0n) is 12.5. The molecule has 0 saturated carbocycles. The van der Waals surface area contributed by atoms with Gasteiger partial charge in [0.25, 0.3) is 0 Å². The predicted molar refractivity (Wildman–Crippen MR) is 92.7 cm³/mol. The molecule has 0 atom stereocenters. The largest absolute Gasteiger partial charge is 0.497 e. The second-order valence-corrected chi connectivity index (χ2v) is 5.73. The van der Waals surface area contributed by atoms with Crippen molar-refractivity contribution in [2.75, 3.05) is 18.2 Å². The van der Waals surface area contributed by atoms with Gasteiger partial charge in [-0.1, -0.05) is 30.3 Å². The second kappa shape index (κ2) is 8.29. The van der Waals surface area contributed by atoms with Crippen molar-refractivity contribution in [2.45, 2.75) is 11.3 Å². The van der Waals surface area contributed by atoms with E-state index in [0.29, 0.717) is 6.42 Å². The quantitative estimate of drug-likeness (QED) is 0.616. The van der Waals surface area contributed by atoms with Crippen molar-refractivity contribution in [3.05, 3.63) is 66.7 Å².